The van der Waals surface area contributed by atoms with Gasteiger partial charge in [0.25, 0.3) is 0 Å². The van der Waals surface area contributed by atoms with E-state index < -0.39 is 25.2 Å². The monoisotopic (exact) mass is 557 g/mol. The fourth-order valence-corrected chi connectivity index (χ4v) is 5.36. The Morgan fingerprint density at radius 1 is 0.538 bits per heavy atom. The molecule has 0 bridgehead atoms. The van der Waals surface area contributed by atoms with Gasteiger partial charge in [0.1, 0.15) is 6.61 Å². The van der Waals surface area contributed by atoms with E-state index in [1.54, 1.807) is 0 Å². The van der Waals surface area contributed by atoms with Crippen LogP contribution in [-0.4, -0.2) is 47.7 Å². The predicted octanol–water partition coefficient (Wildman–Crippen LogP) is 8.90. The van der Waals surface area contributed by atoms with E-state index in [1.165, 1.54) is 141 Å². The topological polar surface area (TPSA) is 87.0 Å². The Balaban J connectivity index is 4.24. The Bertz CT molecular complexity index is 498. The van der Waals surface area contributed by atoms with Gasteiger partial charge in [0.2, 0.25) is 0 Å². The van der Waals surface area contributed by atoms with Gasteiger partial charge in [-0.2, -0.15) is 0 Å². The molecule has 3 N–H and O–H groups in total. The van der Waals surface area contributed by atoms with E-state index in [0.717, 1.165) is 12.8 Å². The molecule has 0 aliphatic rings. The van der Waals surface area contributed by atoms with Gasteiger partial charge in [-0.15, -0.1) is 0 Å². The van der Waals surface area contributed by atoms with Crippen LogP contribution in [0.2, 0.25) is 0 Å². The van der Waals surface area contributed by atoms with Crippen molar-refractivity contribution in [1.82, 2.24) is 0 Å². The van der Waals surface area contributed by atoms with Crippen LogP contribution in [0.5, 0.6) is 0 Å². The number of esters is 1. The van der Waals surface area contributed by atoms with Crippen LogP contribution in [0.4, 0.5) is 0 Å². The molecule has 39 heavy (non-hydrogen) atoms. The maximum Gasteiger partial charge on any atom is 0.306 e. The largest absolute Gasteiger partial charge is 0.465 e. The molecule has 0 aromatic carbocycles. The third kappa shape index (κ3) is 23.7. The molecule has 0 saturated carbocycles. The summed E-state index contributed by atoms with van der Waals surface area (Å²) in [6.07, 6.45) is 31.7. The lowest BCUT2D eigenvalue weighted by molar-refractivity contribution is -0.152. The Morgan fingerprint density at radius 2 is 0.846 bits per heavy atom. The van der Waals surface area contributed by atoms with Crippen molar-refractivity contribution in [2.24, 2.45) is 11.3 Å². The van der Waals surface area contributed by atoms with Crippen molar-refractivity contribution in [3.8, 4) is 0 Å². The molecule has 5 heteroatoms. The summed E-state index contributed by atoms with van der Waals surface area (Å²) in [6.45, 7) is 3.17. The third-order valence-corrected chi connectivity index (χ3v) is 8.43. The Morgan fingerprint density at radius 3 is 1.15 bits per heavy atom. The van der Waals surface area contributed by atoms with Gasteiger partial charge in [-0.1, -0.05) is 155 Å². The average molecular weight is 557 g/mol. The van der Waals surface area contributed by atoms with Crippen LogP contribution in [0.1, 0.15) is 174 Å². The van der Waals surface area contributed by atoms with E-state index in [-0.39, 0.29) is 12.6 Å². The molecule has 1 atom stereocenters. The van der Waals surface area contributed by atoms with Crippen LogP contribution in [0, 0.1) is 11.3 Å². The zero-order valence-corrected chi connectivity index (χ0v) is 26.2. The first-order valence-corrected chi connectivity index (χ1v) is 17.1. The average Bonchev–Trinajstić information content (AvgIpc) is 2.95. The number of carbonyl (C=O) groups excluding carboxylic acids is 1. The van der Waals surface area contributed by atoms with E-state index in [0.29, 0.717) is 12.3 Å². The van der Waals surface area contributed by atoms with Crippen molar-refractivity contribution in [2.75, 3.05) is 26.4 Å². The maximum absolute atomic E-state index is 12.6. The van der Waals surface area contributed by atoms with Gasteiger partial charge in [0.05, 0.1) is 25.2 Å². The summed E-state index contributed by atoms with van der Waals surface area (Å²) >= 11 is 0. The van der Waals surface area contributed by atoms with Crippen molar-refractivity contribution >= 4 is 5.97 Å². The lowest BCUT2D eigenvalue weighted by atomic mass is 9.91. The van der Waals surface area contributed by atoms with E-state index in [9.17, 15) is 20.1 Å². The van der Waals surface area contributed by atoms with Gasteiger partial charge >= 0.3 is 5.97 Å². The maximum atomic E-state index is 12.6. The molecule has 1 unspecified atom stereocenters. The second-order valence-electron chi connectivity index (χ2n) is 12.4. The van der Waals surface area contributed by atoms with Gasteiger partial charge in [-0.25, -0.2) is 0 Å². The fraction of sp³-hybridized carbons (Fsp3) is 0.971. The second-order valence-corrected chi connectivity index (χ2v) is 12.4. The molecule has 0 aliphatic carbocycles. The van der Waals surface area contributed by atoms with Gasteiger partial charge in [-0.05, 0) is 18.8 Å². The van der Waals surface area contributed by atoms with Crippen molar-refractivity contribution < 1.29 is 24.9 Å². The SMILES string of the molecule is CCCCCCCCCCCCCCC(CCCCCCCCCCCC)CC(=O)OCC(CO)(CO)CO. The number of unbranched alkanes of at least 4 members (excludes halogenated alkanes) is 20. The van der Waals surface area contributed by atoms with E-state index in [1.807, 2.05) is 0 Å². The molecular weight excluding hydrogens is 488 g/mol. The number of aliphatic hydroxyl groups is 3. The minimum Gasteiger partial charge on any atom is -0.465 e. The highest BCUT2D eigenvalue weighted by Crippen LogP contribution is 2.24. The molecule has 0 radical (unpaired) electrons. The first-order chi connectivity index (χ1) is 19.1. The predicted molar refractivity (Wildman–Crippen MR) is 165 cm³/mol. The summed E-state index contributed by atoms with van der Waals surface area (Å²) in [4.78, 5) is 12.6. The quantitative estimate of drug-likeness (QED) is 0.0586. The van der Waals surface area contributed by atoms with Gasteiger partial charge < -0.3 is 20.1 Å². The molecule has 0 heterocycles. The number of rotatable bonds is 31. The molecule has 0 spiro atoms. The first kappa shape index (κ1) is 38.4. The Hall–Kier alpha value is -0.650. The lowest BCUT2D eigenvalue weighted by Crippen LogP contribution is -2.39. The lowest BCUT2D eigenvalue weighted by Gasteiger charge is -2.27. The molecule has 0 rings (SSSR count). The van der Waals surface area contributed by atoms with E-state index in [2.05, 4.69) is 13.8 Å². The van der Waals surface area contributed by atoms with Crippen LogP contribution in [0.25, 0.3) is 0 Å². The summed E-state index contributed by atoms with van der Waals surface area (Å²) in [6, 6.07) is 0. The summed E-state index contributed by atoms with van der Waals surface area (Å²) in [5, 5.41) is 28.5. The minimum absolute atomic E-state index is 0.140. The molecule has 0 aromatic heterocycles. The number of hydrogen-bond donors (Lipinski definition) is 3. The highest BCUT2D eigenvalue weighted by atomic mass is 16.5. The van der Waals surface area contributed by atoms with Crippen molar-refractivity contribution in [2.45, 2.75) is 174 Å². The highest BCUT2D eigenvalue weighted by molar-refractivity contribution is 5.69. The van der Waals surface area contributed by atoms with E-state index >= 15 is 0 Å². The van der Waals surface area contributed by atoms with Crippen LogP contribution in [0.3, 0.4) is 0 Å². The van der Waals surface area contributed by atoms with Crippen LogP contribution >= 0.6 is 0 Å². The molecular formula is C34H68O5. The summed E-state index contributed by atoms with van der Waals surface area (Å²) in [7, 11) is 0. The van der Waals surface area contributed by atoms with Gasteiger partial charge in [-0.3, -0.25) is 4.79 Å². The number of ether oxygens (including phenoxy) is 1. The number of hydrogen-bond acceptors (Lipinski definition) is 5. The summed E-state index contributed by atoms with van der Waals surface area (Å²) in [5.41, 5.74) is -1.16. The van der Waals surface area contributed by atoms with Crippen LogP contribution in [0.15, 0.2) is 0 Å². The van der Waals surface area contributed by atoms with E-state index in [4.69, 9.17) is 4.74 Å². The third-order valence-electron chi connectivity index (χ3n) is 8.43. The zero-order valence-electron chi connectivity index (χ0n) is 26.2. The summed E-state index contributed by atoms with van der Waals surface area (Å²) in [5.74, 6) is 0.0622. The smallest absolute Gasteiger partial charge is 0.306 e. The molecule has 0 saturated heterocycles. The Kier molecular flexibility index (Phi) is 28.4. The zero-order chi connectivity index (χ0) is 28.9. The van der Waals surface area contributed by atoms with Crippen molar-refractivity contribution in [3.63, 3.8) is 0 Å². The standard InChI is InChI=1S/C34H68O5/c1-3-5-7-9-11-13-15-16-18-20-22-24-26-32(25-23-21-19-17-14-12-10-8-6-4-2)27-33(38)39-31-34(28-35,29-36)30-37/h32,35-37H,3-31H2,1-2H3. The molecule has 0 aromatic rings. The molecule has 5 nitrogen and oxygen atoms in total. The molecule has 0 aliphatic heterocycles. The van der Waals surface area contributed by atoms with Crippen molar-refractivity contribution in [3.05, 3.63) is 0 Å². The Labute approximate surface area is 242 Å². The van der Waals surface area contributed by atoms with Crippen LogP contribution < -0.4 is 0 Å². The highest BCUT2D eigenvalue weighted by Gasteiger charge is 2.30. The van der Waals surface area contributed by atoms with Crippen molar-refractivity contribution in [1.29, 1.82) is 0 Å². The van der Waals surface area contributed by atoms with Gasteiger partial charge in [0.15, 0.2) is 0 Å². The fourth-order valence-electron chi connectivity index (χ4n) is 5.36. The minimum atomic E-state index is -1.16. The molecule has 0 fully saturated rings. The summed E-state index contributed by atoms with van der Waals surface area (Å²) < 4.78 is 5.40. The number of aliphatic hydroxyl groups excluding tert-OH is 3. The van der Waals surface area contributed by atoms with Gasteiger partial charge in [0, 0.05) is 6.42 Å². The molecule has 234 valence electrons. The first-order valence-electron chi connectivity index (χ1n) is 17.1. The second kappa shape index (κ2) is 28.9. The normalized spacial score (nSPS) is 12.6. The number of carbonyl (C=O) groups is 1. The molecule has 0 amide bonds. The van der Waals surface area contributed by atoms with Crippen LogP contribution in [-0.2, 0) is 9.53 Å².